The third kappa shape index (κ3) is 2.54. The van der Waals surface area contributed by atoms with Crippen molar-refractivity contribution in [2.75, 3.05) is 5.73 Å². The molecule has 0 aliphatic heterocycles. The van der Waals surface area contributed by atoms with Crippen molar-refractivity contribution in [1.82, 2.24) is 9.55 Å². The third-order valence-electron chi connectivity index (χ3n) is 2.36. The van der Waals surface area contributed by atoms with Gasteiger partial charge in [0.25, 0.3) is 5.56 Å². The molecular weight excluding hydrogens is 324 g/mol. The highest BCUT2D eigenvalue weighted by Gasteiger charge is 2.07. The topological polar surface area (TPSA) is 60.9 Å². The molecule has 2 rings (SSSR count). The lowest BCUT2D eigenvalue weighted by molar-refractivity contribution is 0.619. The van der Waals surface area contributed by atoms with E-state index in [9.17, 15) is 9.18 Å². The largest absolute Gasteiger partial charge is 0.392 e. The molecule has 0 spiro atoms. The molecule has 1 heterocycles. The minimum Gasteiger partial charge on any atom is -0.392 e. The Morgan fingerprint density at radius 2 is 2.22 bits per heavy atom. The second-order valence-corrected chi connectivity index (χ2v) is 4.84. The quantitative estimate of drug-likeness (QED) is 0.859. The standard InChI is InChI=1S/C11H8BrClFN3O/c12-7-3-6(1-2-8(7)14)4-17-5-16-10(13)9(15)11(17)18/h1-3,5H,4,15H2. The van der Waals surface area contributed by atoms with Crippen LogP contribution >= 0.6 is 27.5 Å². The first kappa shape index (κ1) is 13.0. The highest BCUT2D eigenvalue weighted by Crippen LogP contribution is 2.17. The number of halogens is 3. The fraction of sp³-hybridized carbons (Fsp3) is 0.0909. The number of benzene rings is 1. The molecule has 0 atom stereocenters. The number of nitrogens with zero attached hydrogens (tertiary/aromatic N) is 2. The summed E-state index contributed by atoms with van der Waals surface area (Å²) in [6.07, 6.45) is 1.30. The van der Waals surface area contributed by atoms with Crippen molar-refractivity contribution in [1.29, 1.82) is 0 Å². The molecule has 2 N–H and O–H groups in total. The van der Waals surface area contributed by atoms with Gasteiger partial charge in [0.2, 0.25) is 0 Å². The molecule has 0 bridgehead atoms. The van der Waals surface area contributed by atoms with Crippen LogP contribution in [0.4, 0.5) is 10.1 Å². The monoisotopic (exact) mass is 331 g/mol. The molecule has 2 aromatic rings. The summed E-state index contributed by atoms with van der Waals surface area (Å²) < 4.78 is 14.7. The number of hydrogen-bond donors (Lipinski definition) is 1. The van der Waals surface area contributed by atoms with Crippen molar-refractivity contribution >= 4 is 33.2 Å². The van der Waals surface area contributed by atoms with Crippen LogP contribution in [0.25, 0.3) is 0 Å². The molecular formula is C11H8BrClFN3O. The predicted molar refractivity (Wildman–Crippen MR) is 71.1 cm³/mol. The molecule has 0 unspecified atom stereocenters. The first-order valence-electron chi connectivity index (χ1n) is 4.93. The van der Waals surface area contributed by atoms with E-state index in [-0.39, 0.29) is 23.2 Å². The molecule has 0 saturated carbocycles. The van der Waals surface area contributed by atoms with E-state index in [0.29, 0.717) is 4.47 Å². The van der Waals surface area contributed by atoms with Crippen LogP contribution in [0.5, 0.6) is 0 Å². The fourth-order valence-corrected chi connectivity index (χ4v) is 1.98. The molecule has 4 nitrogen and oxygen atoms in total. The van der Waals surface area contributed by atoms with Crippen molar-refractivity contribution in [3.05, 3.63) is 55.9 Å². The summed E-state index contributed by atoms with van der Waals surface area (Å²) in [6, 6.07) is 4.49. The highest BCUT2D eigenvalue weighted by atomic mass is 79.9. The van der Waals surface area contributed by atoms with Gasteiger partial charge in [-0.05, 0) is 33.6 Å². The Morgan fingerprint density at radius 1 is 1.50 bits per heavy atom. The predicted octanol–water partition coefficient (Wildman–Crippen LogP) is 2.43. The van der Waals surface area contributed by atoms with E-state index in [0.717, 1.165) is 5.56 Å². The summed E-state index contributed by atoms with van der Waals surface area (Å²) >= 11 is 8.71. The van der Waals surface area contributed by atoms with Crippen molar-refractivity contribution in [3.63, 3.8) is 0 Å². The maximum absolute atomic E-state index is 13.1. The number of aromatic nitrogens is 2. The van der Waals surface area contributed by atoms with Crippen molar-refractivity contribution in [3.8, 4) is 0 Å². The van der Waals surface area contributed by atoms with Gasteiger partial charge in [0.05, 0.1) is 17.3 Å². The van der Waals surface area contributed by atoms with Gasteiger partial charge in [-0.3, -0.25) is 9.36 Å². The summed E-state index contributed by atoms with van der Waals surface area (Å²) in [5, 5.41) is -0.0171. The zero-order chi connectivity index (χ0) is 13.3. The van der Waals surface area contributed by atoms with Crippen LogP contribution in [0.2, 0.25) is 5.15 Å². The van der Waals surface area contributed by atoms with Crippen LogP contribution in [-0.4, -0.2) is 9.55 Å². The van der Waals surface area contributed by atoms with Gasteiger partial charge in [0.15, 0.2) is 5.15 Å². The van der Waals surface area contributed by atoms with Gasteiger partial charge in [-0.1, -0.05) is 17.7 Å². The molecule has 0 aliphatic carbocycles. The van der Waals surface area contributed by atoms with Crippen LogP contribution in [0.15, 0.2) is 33.8 Å². The van der Waals surface area contributed by atoms with Crippen LogP contribution in [0, 0.1) is 5.82 Å². The van der Waals surface area contributed by atoms with E-state index < -0.39 is 5.56 Å². The van der Waals surface area contributed by atoms with Gasteiger partial charge >= 0.3 is 0 Å². The van der Waals surface area contributed by atoms with Gasteiger partial charge in [-0.2, -0.15) is 0 Å². The lowest BCUT2D eigenvalue weighted by Gasteiger charge is -2.07. The molecule has 94 valence electrons. The Balaban J connectivity index is 2.37. The average Bonchev–Trinajstić information content (AvgIpc) is 2.34. The Hall–Kier alpha value is -1.40. The summed E-state index contributed by atoms with van der Waals surface area (Å²) in [7, 11) is 0. The maximum Gasteiger partial charge on any atom is 0.278 e. The van der Waals surface area contributed by atoms with Gasteiger partial charge < -0.3 is 5.73 Å². The summed E-state index contributed by atoms with van der Waals surface area (Å²) in [6.45, 7) is 0.242. The van der Waals surface area contributed by atoms with Gasteiger partial charge in [-0.25, -0.2) is 9.37 Å². The van der Waals surface area contributed by atoms with Crippen molar-refractivity contribution in [2.45, 2.75) is 6.54 Å². The van der Waals surface area contributed by atoms with E-state index >= 15 is 0 Å². The molecule has 0 saturated heterocycles. The van der Waals surface area contributed by atoms with E-state index in [2.05, 4.69) is 20.9 Å². The average molecular weight is 333 g/mol. The second kappa shape index (κ2) is 5.07. The Morgan fingerprint density at radius 3 is 2.89 bits per heavy atom. The lowest BCUT2D eigenvalue weighted by atomic mass is 10.2. The van der Waals surface area contributed by atoms with Crippen molar-refractivity contribution < 1.29 is 4.39 Å². The van der Waals surface area contributed by atoms with Gasteiger partial charge in [0.1, 0.15) is 11.5 Å². The Kier molecular flexibility index (Phi) is 3.68. The molecule has 0 fully saturated rings. The minimum absolute atomic E-state index is 0.0171. The van der Waals surface area contributed by atoms with Crippen LogP contribution in [-0.2, 0) is 6.54 Å². The maximum atomic E-state index is 13.1. The number of anilines is 1. The van der Waals surface area contributed by atoms with E-state index in [1.54, 1.807) is 12.1 Å². The SMILES string of the molecule is Nc1c(Cl)ncn(Cc2ccc(F)c(Br)c2)c1=O. The molecule has 0 amide bonds. The number of nitrogens with two attached hydrogens (primary N) is 1. The lowest BCUT2D eigenvalue weighted by Crippen LogP contribution is -2.24. The first-order valence-corrected chi connectivity index (χ1v) is 6.10. The molecule has 18 heavy (non-hydrogen) atoms. The molecule has 1 aromatic heterocycles. The van der Waals surface area contributed by atoms with Crippen molar-refractivity contribution in [2.24, 2.45) is 0 Å². The second-order valence-electron chi connectivity index (χ2n) is 3.63. The van der Waals surface area contributed by atoms with E-state index in [4.69, 9.17) is 17.3 Å². The van der Waals surface area contributed by atoms with E-state index in [1.165, 1.54) is 17.0 Å². The molecule has 0 aliphatic rings. The highest BCUT2D eigenvalue weighted by molar-refractivity contribution is 9.10. The minimum atomic E-state index is -0.421. The molecule has 7 heteroatoms. The molecule has 1 aromatic carbocycles. The van der Waals surface area contributed by atoms with E-state index in [1.807, 2.05) is 0 Å². The molecule has 0 radical (unpaired) electrons. The fourth-order valence-electron chi connectivity index (χ4n) is 1.43. The van der Waals surface area contributed by atoms with Gasteiger partial charge in [-0.15, -0.1) is 0 Å². The van der Waals surface area contributed by atoms with Crippen LogP contribution in [0.1, 0.15) is 5.56 Å². The zero-order valence-corrected chi connectivity index (χ0v) is 11.4. The smallest absolute Gasteiger partial charge is 0.278 e. The summed E-state index contributed by atoms with van der Waals surface area (Å²) in [5.74, 6) is -0.361. The summed E-state index contributed by atoms with van der Waals surface area (Å²) in [4.78, 5) is 15.6. The third-order valence-corrected chi connectivity index (χ3v) is 3.27. The summed E-state index contributed by atoms with van der Waals surface area (Å²) in [5.41, 5.74) is 5.72. The zero-order valence-electron chi connectivity index (χ0n) is 9.03. The van der Waals surface area contributed by atoms with Crippen LogP contribution < -0.4 is 11.3 Å². The first-order chi connectivity index (χ1) is 8.49. The Bertz CT molecular complexity index is 659. The number of rotatable bonds is 2. The normalized spacial score (nSPS) is 10.6. The number of nitrogen functional groups attached to an aromatic ring is 1. The number of hydrogen-bond acceptors (Lipinski definition) is 3. The van der Waals surface area contributed by atoms with Crippen LogP contribution in [0.3, 0.4) is 0 Å². The van der Waals surface area contributed by atoms with Gasteiger partial charge in [0, 0.05) is 0 Å². The Labute approximate surface area is 115 Å².